The fourth-order valence-electron chi connectivity index (χ4n) is 4.11. The van der Waals surface area contributed by atoms with E-state index in [-0.39, 0.29) is 22.7 Å². The van der Waals surface area contributed by atoms with E-state index in [0.29, 0.717) is 54.8 Å². The van der Waals surface area contributed by atoms with Crippen LogP contribution < -0.4 is 25.0 Å². The monoisotopic (exact) mass is 517 g/mol. The lowest BCUT2D eigenvalue weighted by Crippen LogP contribution is -2.36. The molecule has 3 heterocycles. The van der Waals surface area contributed by atoms with Crippen molar-refractivity contribution in [2.45, 2.75) is 37.8 Å². The van der Waals surface area contributed by atoms with Crippen LogP contribution in [0.1, 0.15) is 26.7 Å². The zero-order valence-corrected chi connectivity index (χ0v) is 21.4. The van der Waals surface area contributed by atoms with Crippen LogP contribution in [0.25, 0.3) is 11.0 Å². The number of fused-ring (bicyclic) bond motifs is 1. The molecule has 36 heavy (non-hydrogen) atoms. The van der Waals surface area contributed by atoms with Gasteiger partial charge in [-0.3, -0.25) is 5.10 Å². The molecular formula is C23H31N7O5S. The standard InChI is InChI=1S/C23H31N7O5S/c1-4-34-17-13-16(30-8-10-33-11-9-30)18(35-5-2)12-15(17)25-23-26-20(24-14-6-7-14)19-21(27-23)28-29-22(19)36(3,31)32/h12-14H,4-11H2,1-3H3,(H3,24,25,26,27,28,29). The second-order valence-electron chi connectivity index (χ2n) is 8.74. The van der Waals surface area contributed by atoms with Gasteiger partial charge in [-0.05, 0) is 26.7 Å². The van der Waals surface area contributed by atoms with E-state index in [9.17, 15) is 8.42 Å². The van der Waals surface area contributed by atoms with E-state index >= 15 is 0 Å². The van der Waals surface area contributed by atoms with Gasteiger partial charge in [-0.2, -0.15) is 15.1 Å². The minimum atomic E-state index is -3.55. The van der Waals surface area contributed by atoms with Gasteiger partial charge in [0.05, 0.1) is 37.8 Å². The number of morpholine rings is 1. The van der Waals surface area contributed by atoms with Gasteiger partial charge in [-0.15, -0.1) is 0 Å². The summed E-state index contributed by atoms with van der Waals surface area (Å²) in [6.45, 7) is 7.66. The number of rotatable bonds is 10. The molecule has 3 N–H and O–H groups in total. The molecule has 194 valence electrons. The first kappa shape index (κ1) is 24.4. The molecule has 0 spiro atoms. The molecular weight excluding hydrogens is 486 g/mol. The van der Waals surface area contributed by atoms with Gasteiger partial charge < -0.3 is 29.7 Å². The van der Waals surface area contributed by atoms with Crippen LogP contribution in [0.2, 0.25) is 0 Å². The second kappa shape index (κ2) is 9.97. The van der Waals surface area contributed by atoms with Crippen molar-refractivity contribution in [3.8, 4) is 11.5 Å². The van der Waals surface area contributed by atoms with Gasteiger partial charge in [0.1, 0.15) is 22.7 Å². The van der Waals surface area contributed by atoms with Crippen LogP contribution in [0, 0.1) is 0 Å². The number of aromatic amines is 1. The Morgan fingerprint density at radius 1 is 1.11 bits per heavy atom. The summed E-state index contributed by atoms with van der Waals surface area (Å²) in [5, 5.41) is 13.7. The Labute approximate surface area is 209 Å². The van der Waals surface area contributed by atoms with E-state index in [0.717, 1.165) is 37.9 Å². The molecule has 0 bridgehead atoms. The minimum absolute atomic E-state index is 0.00398. The first-order valence-electron chi connectivity index (χ1n) is 12.1. The Morgan fingerprint density at radius 2 is 1.83 bits per heavy atom. The molecule has 1 aliphatic heterocycles. The Morgan fingerprint density at radius 3 is 2.50 bits per heavy atom. The second-order valence-corrected chi connectivity index (χ2v) is 10.7. The third kappa shape index (κ3) is 5.12. The molecule has 0 radical (unpaired) electrons. The number of hydrogen-bond donors (Lipinski definition) is 3. The number of anilines is 4. The maximum Gasteiger partial charge on any atom is 0.231 e. The topological polar surface area (TPSA) is 144 Å². The largest absolute Gasteiger partial charge is 0.492 e. The van der Waals surface area contributed by atoms with E-state index in [2.05, 4.69) is 35.7 Å². The van der Waals surface area contributed by atoms with Crippen LogP contribution in [0.5, 0.6) is 11.5 Å². The highest BCUT2D eigenvalue weighted by Gasteiger charge is 2.27. The third-order valence-electron chi connectivity index (χ3n) is 5.93. The van der Waals surface area contributed by atoms with E-state index in [1.807, 2.05) is 26.0 Å². The molecule has 0 atom stereocenters. The summed E-state index contributed by atoms with van der Waals surface area (Å²) in [4.78, 5) is 11.3. The maximum atomic E-state index is 12.3. The number of sulfone groups is 1. The molecule has 1 aromatic carbocycles. The smallest absolute Gasteiger partial charge is 0.231 e. The highest BCUT2D eigenvalue weighted by atomic mass is 32.2. The van der Waals surface area contributed by atoms with Crippen LogP contribution in [0.4, 0.5) is 23.1 Å². The first-order valence-corrected chi connectivity index (χ1v) is 14.0. The lowest BCUT2D eigenvalue weighted by Gasteiger charge is -2.31. The van der Waals surface area contributed by atoms with Gasteiger partial charge in [0.15, 0.2) is 20.5 Å². The third-order valence-corrected chi connectivity index (χ3v) is 6.97. The number of H-pyrrole nitrogens is 1. The highest BCUT2D eigenvalue weighted by molar-refractivity contribution is 7.90. The average molecular weight is 518 g/mol. The van der Waals surface area contributed by atoms with Crippen LogP contribution in [-0.4, -0.2) is 80.4 Å². The van der Waals surface area contributed by atoms with Crippen LogP contribution >= 0.6 is 0 Å². The van der Waals surface area contributed by atoms with Crippen molar-refractivity contribution >= 4 is 44.0 Å². The number of benzene rings is 1. The summed E-state index contributed by atoms with van der Waals surface area (Å²) >= 11 is 0. The van der Waals surface area contributed by atoms with E-state index in [1.54, 1.807) is 0 Å². The zero-order chi connectivity index (χ0) is 25.3. The minimum Gasteiger partial charge on any atom is -0.492 e. The molecule has 1 saturated heterocycles. The summed E-state index contributed by atoms with van der Waals surface area (Å²) in [7, 11) is -3.55. The number of nitrogens with one attached hydrogen (secondary N) is 3. The van der Waals surface area contributed by atoms with Crippen molar-refractivity contribution in [3.05, 3.63) is 12.1 Å². The molecule has 13 heteroatoms. The fourth-order valence-corrected chi connectivity index (χ4v) is 4.88. The molecule has 12 nitrogen and oxygen atoms in total. The highest BCUT2D eigenvalue weighted by Crippen LogP contribution is 2.41. The average Bonchev–Trinajstić information content (AvgIpc) is 3.55. The van der Waals surface area contributed by atoms with Crippen molar-refractivity contribution in [1.82, 2.24) is 20.2 Å². The van der Waals surface area contributed by atoms with E-state index in [1.165, 1.54) is 0 Å². The molecule has 2 aromatic heterocycles. The van der Waals surface area contributed by atoms with Crippen LogP contribution in [0.15, 0.2) is 17.2 Å². The summed E-state index contributed by atoms with van der Waals surface area (Å²) in [6, 6.07) is 4.09. The van der Waals surface area contributed by atoms with Crippen molar-refractivity contribution in [2.24, 2.45) is 0 Å². The first-order chi connectivity index (χ1) is 17.4. The molecule has 2 fully saturated rings. The molecule has 0 unspecified atom stereocenters. The Hall–Kier alpha value is -3.32. The van der Waals surface area contributed by atoms with Gasteiger partial charge in [0.25, 0.3) is 0 Å². The summed E-state index contributed by atoms with van der Waals surface area (Å²) in [6.07, 6.45) is 3.12. The SMILES string of the molecule is CCOc1cc(N2CCOCC2)c(OCC)cc1Nc1nc(NC2CC2)c2c(S(C)(=O)=O)[nH]nc2n1. The Balaban J connectivity index is 1.56. The Kier molecular flexibility index (Phi) is 6.75. The molecule has 1 aliphatic carbocycles. The Bertz CT molecular complexity index is 1350. The lowest BCUT2D eigenvalue weighted by atomic mass is 10.2. The number of nitrogens with zero attached hydrogens (tertiary/aromatic N) is 4. The van der Waals surface area contributed by atoms with E-state index < -0.39 is 9.84 Å². The quantitative estimate of drug-likeness (QED) is 0.365. The predicted molar refractivity (Wildman–Crippen MR) is 137 cm³/mol. The van der Waals surface area contributed by atoms with E-state index in [4.69, 9.17) is 14.2 Å². The molecule has 3 aromatic rings. The van der Waals surface area contributed by atoms with Crippen LogP contribution in [-0.2, 0) is 14.6 Å². The number of hydrogen-bond acceptors (Lipinski definition) is 11. The number of aromatic nitrogens is 4. The summed E-state index contributed by atoms with van der Waals surface area (Å²) in [5.74, 6) is 2.02. The molecule has 2 aliphatic rings. The summed E-state index contributed by atoms with van der Waals surface area (Å²) in [5.41, 5.74) is 1.82. The molecule has 1 saturated carbocycles. The van der Waals surface area contributed by atoms with Crippen molar-refractivity contribution in [1.29, 1.82) is 0 Å². The predicted octanol–water partition coefficient (Wildman–Crippen LogP) is 2.71. The van der Waals surface area contributed by atoms with Gasteiger partial charge in [0, 0.05) is 37.5 Å². The number of ether oxygens (including phenoxy) is 3. The van der Waals surface area contributed by atoms with Gasteiger partial charge in [-0.25, -0.2) is 8.42 Å². The normalized spacial score (nSPS) is 16.2. The van der Waals surface area contributed by atoms with Gasteiger partial charge in [-0.1, -0.05) is 0 Å². The van der Waals surface area contributed by atoms with Crippen molar-refractivity contribution in [3.63, 3.8) is 0 Å². The maximum absolute atomic E-state index is 12.3. The summed E-state index contributed by atoms with van der Waals surface area (Å²) < 4.78 is 42.1. The zero-order valence-electron chi connectivity index (χ0n) is 20.6. The van der Waals surface area contributed by atoms with Gasteiger partial charge >= 0.3 is 0 Å². The lowest BCUT2D eigenvalue weighted by molar-refractivity contribution is 0.122. The van der Waals surface area contributed by atoms with Crippen LogP contribution in [0.3, 0.4) is 0 Å². The van der Waals surface area contributed by atoms with Gasteiger partial charge in [0.2, 0.25) is 5.95 Å². The molecule has 0 amide bonds. The molecule has 5 rings (SSSR count). The van der Waals surface area contributed by atoms with Crippen molar-refractivity contribution in [2.75, 3.05) is 61.3 Å². The fraction of sp³-hybridized carbons (Fsp3) is 0.522. The van der Waals surface area contributed by atoms with Crippen molar-refractivity contribution < 1.29 is 22.6 Å².